The summed E-state index contributed by atoms with van der Waals surface area (Å²) in [6.45, 7) is 7.09. The summed E-state index contributed by atoms with van der Waals surface area (Å²) in [5, 5.41) is 8.94. The molecule has 1 atom stereocenters. The van der Waals surface area contributed by atoms with E-state index in [-0.39, 0.29) is 6.54 Å². The zero-order valence-electron chi connectivity index (χ0n) is 10.1. The van der Waals surface area contributed by atoms with Crippen molar-refractivity contribution in [3.05, 3.63) is 0 Å². The molecule has 0 amide bonds. The van der Waals surface area contributed by atoms with E-state index < -0.39 is 27.6 Å². The van der Waals surface area contributed by atoms with E-state index in [2.05, 4.69) is 9.44 Å². The predicted octanol–water partition coefficient (Wildman–Crippen LogP) is 0.320. The molecule has 0 aliphatic heterocycles. The lowest BCUT2D eigenvalue weighted by atomic mass is 9.88. The van der Waals surface area contributed by atoms with Crippen LogP contribution >= 0.6 is 0 Å². The van der Waals surface area contributed by atoms with Crippen molar-refractivity contribution >= 4 is 16.2 Å². The lowest BCUT2D eigenvalue weighted by molar-refractivity contribution is -0.141. The molecule has 0 saturated carbocycles. The van der Waals surface area contributed by atoms with Crippen molar-refractivity contribution in [1.29, 1.82) is 0 Å². The molecule has 6 nitrogen and oxygen atoms in total. The van der Waals surface area contributed by atoms with E-state index in [9.17, 15) is 13.2 Å². The monoisotopic (exact) mass is 252 g/mol. The molecule has 0 aliphatic rings. The van der Waals surface area contributed by atoms with Crippen molar-refractivity contribution in [2.24, 2.45) is 5.41 Å². The minimum Gasteiger partial charge on any atom is -0.480 e. The average Bonchev–Trinajstić information content (AvgIpc) is 2.09. The third-order valence-electron chi connectivity index (χ3n) is 1.93. The lowest BCUT2D eigenvalue weighted by Gasteiger charge is -2.27. The van der Waals surface area contributed by atoms with Crippen LogP contribution in [0.1, 0.15) is 34.1 Å². The Kier molecular flexibility index (Phi) is 5.37. The van der Waals surface area contributed by atoms with Gasteiger partial charge in [0.25, 0.3) is 10.2 Å². The number of rotatable bonds is 6. The van der Waals surface area contributed by atoms with Gasteiger partial charge in [-0.1, -0.05) is 27.7 Å². The number of nitrogens with one attached hydrogen (secondary N) is 2. The quantitative estimate of drug-likeness (QED) is 0.634. The number of carboxylic acid groups (broad SMARTS) is 1. The fourth-order valence-corrected chi connectivity index (χ4v) is 2.35. The molecule has 0 aromatic rings. The molecule has 0 aromatic carbocycles. The van der Waals surface area contributed by atoms with Gasteiger partial charge in [-0.3, -0.25) is 4.79 Å². The topological polar surface area (TPSA) is 95.5 Å². The van der Waals surface area contributed by atoms with E-state index in [1.807, 2.05) is 6.92 Å². The number of carboxylic acids is 1. The molecule has 0 bridgehead atoms. The molecule has 0 aromatic heterocycles. The lowest BCUT2D eigenvalue weighted by Crippen LogP contribution is -2.52. The third-order valence-corrected chi connectivity index (χ3v) is 3.06. The molecule has 0 heterocycles. The van der Waals surface area contributed by atoms with E-state index in [0.717, 1.165) is 0 Å². The first kappa shape index (κ1) is 15.3. The summed E-state index contributed by atoms with van der Waals surface area (Å²) in [6, 6.07) is -1.15. The van der Waals surface area contributed by atoms with E-state index in [4.69, 9.17) is 5.11 Å². The standard InChI is InChI=1S/C9H20N2O4S/c1-5-6-10-16(14,15)11-7(8(12)13)9(2,3)4/h7,10-11H,5-6H2,1-4H3,(H,12,13)/t7-/m1/s1. The first-order valence-corrected chi connectivity index (χ1v) is 6.58. The molecule has 7 heteroatoms. The second-order valence-corrected chi connectivity index (χ2v) is 6.18. The van der Waals surface area contributed by atoms with Crippen LogP contribution in [0, 0.1) is 5.41 Å². The summed E-state index contributed by atoms with van der Waals surface area (Å²) in [5.74, 6) is -1.19. The number of hydrogen-bond donors (Lipinski definition) is 3. The molecule has 0 fully saturated rings. The van der Waals surface area contributed by atoms with Crippen molar-refractivity contribution in [1.82, 2.24) is 9.44 Å². The molecule has 0 spiro atoms. The van der Waals surface area contributed by atoms with Crippen molar-refractivity contribution in [3.63, 3.8) is 0 Å². The van der Waals surface area contributed by atoms with E-state index >= 15 is 0 Å². The Morgan fingerprint density at radius 2 is 1.88 bits per heavy atom. The molecule has 0 aliphatic carbocycles. The van der Waals surface area contributed by atoms with E-state index in [0.29, 0.717) is 6.42 Å². The molecule has 0 radical (unpaired) electrons. The highest BCUT2D eigenvalue weighted by Gasteiger charge is 2.34. The second kappa shape index (κ2) is 5.60. The third kappa shape index (κ3) is 5.43. The molecule has 0 saturated heterocycles. The number of hydrogen-bond acceptors (Lipinski definition) is 3. The van der Waals surface area contributed by atoms with Crippen LogP contribution < -0.4 is 9.44 Å². The first-order chi connectivity index (χ1) is 7.10. The molecule has 0 unspecified atom stereocenters. The van der Waals surface area contributed by atoms with Crippen LogP contribution in [-0.2, 0) is 15.0 Å². The largest absolute Gasteiger partial charge is 0.480 e. The zero-order chi connectivity index (χ0) is 13.0. The number of aliphatic carboxylic acids is 1. The van der Waals surface area contributed by atoms with Crippen molar-refractivity contribution in [2.75, 3.05) is 6.54 Å². The SMILES string of the molecule is CCCNS(=O)(=O)N[C@H](C(=O)O)C(C)(C)C. The highest BCUT2D eigenvalue weighted by atomic mass is 32.2. The van der Waals surface area contributed by atoms with E-state index in [1.54, 1.807) is 20.8 Å². The highest BCUT2D eigenvalue weighted by molar-refractivity contribution is 7.87. The maximum Gasteiger partial charge on any atom is 0.322 e. The predicted molar refractivity (Wildman–Crippen MR) is 61.2 cm³/mol. The summed E-state index contributed by atoms with van der Waals surface area (Å²) in [5.41, 5.74) is -0.688. The van der Waals surface area contributed by atoms with Gasteiger partial charge in [-0.15, -0.1) is 0 Å². The summed E-state index contributed by atoms with van der Waals surface area (Å²) in [4.78, 5) is 10.9. The van der Waals surface area contributed by atoms with Crippen molar-refractivity contribution in [3.8, 4) is 0 Å². The van der Waals surface area contributed by atoms with Gasteiger partial charge < -0.3 is 5.11 Å². The Morgan fingerprint density at radius 1 is 1.38 bits per heavy atom. The van der Waals surface area contributed by atoms with Crippen molar-refractivity contribution < 1.29 is 18.3 Å². The summed E-state index contributed by atoms with van der Waals surface area (Å²) >= 11 is 0. The fraction of sp³-hybridized carbons (Fsp3) is 0.889. The van der Waals surface area contributed by atoms with Gasteiger partial charge in [-0.2, -0.15) is 13.1 Å². The molecule has 16 heavy (non-hydrogen) atoms. The summed E-state index contributed by atoms with van der Waals surface area (Å²) in [6.07, 6.45) is 0.647. The second-order valence-electron chi connectivity index (χ2n) is 4.65. The minimum atomic E-state index is -3.75. The van der Waals surface area contributed by atoms with Gasteiger partial charge in [0.1, 0.15) is 6.04 Å². The van der Waals surface area contributed by atoms with Crippen LogP contribution in [-0.4, -0.2) is 32.1 Å². The van der Waals surface area contributed by atoms with Gasteiger partial charge >= 0.3 is 5.97 Å². The average molecular weight is 252 g/mol. The van der Waals surface area contributed by atoms with Gasteiger partial charge in [-0.25, -0.2) is 4.72 Å². The Balaban J connectivity index is 4.71. The van der Waals surface area contributed by atoms with Gasteiger partial charge in [0.05, 0.1) is 0 Å². The molecule has 3 N–H and O–H groups in total. The Morgan fingerprint density at radius 3 is 2.19 bits per heavy atom. The van der Waals surface area contributed by atoms with Crippen LogP contribution in [0.5, 0.6) is 0 Å². The smallest absolute Gasteiger partial charge is 0.322 e. The highest BCUT2D eigenvalue weighted by Crippen LogP contribution is 2.19. The summed E-state index contributed by atoms with van der Waals surface area (Å²) in [7, 11) is -3.75. The fourth-order valence-electron chi connectivity index (χ4n) is 1.03. The Bertz CT molecular complexity index is 332. The Hall–Kier alpha value is -0.660. The zero-order valence-corrected chi connectivity index (χ0v) is 10.9. The van der Waals surface area contributed by atoms with Gasteiger partial charge in [-0.05, 0) is 11.8 Å². The van der Waals surface area contributed by atoms with Crippen LogP contribution in [0.15, 0.2) is 0 Å². The molecule has 0 rings (SSSR count). The first-order valence-electron chi connectivity index (χ1n) is 5.10. The van der Waals surface area contributed by atoms with Gasteiger partial charge in [0, 0.05) is 6.54 Å². The normalized spacial score (nSPS) is 14.8. The maximum absolute atomic E-state index is 11.5. The Labute approximate surface area is 96.6 Å². The van der Waals surface area contributed by atoms with Crippen molar-refractivity contribution in [2.45, 2.75) is 40.2 Å². The van der Waals surface area contributed by atoms with Gasteiger partial charge in [0.2, 0.25) is 0 Å². The molecular weight excluding hydrogens is 232 g/mol. The van der Waals surface area contributed by atoms with E-state index in [1.165, 1.54) is 0 Å². The van der Waals surface area contributed by atoms with Crippen LogP contribution in [0.3, 0.4) is 0 Å². The maximum atomic E-state index is 11.5. The van der Waals surface area contributed by atoms with Crippen LogP contribution in [0.2, 0.25) is 0 Å². The van der Waals surface area contributed by atoms with Crippen LogP contribution in [0.4, 0.5) is 0 Å². The minimum absolute atomic E-state index is 0.284. The van der Waals surface area contributed by atoms with Crippen LogP contribution in [0.25, 0.3) is 0 Å². The number of carbonyl (C=O) groups is 1. The van der Waals surface area contributed by atoms with Gasteiger partial charge in [0.15, 0.2) is 0 Å². The molecule has 96 valence electrons. The molecular formula is C9H20N2O4S. The summed E-state index contributed by atoms with van der Waals surface area (Å²) < 4.78 is 27.3.